The topological polar surface area (TPSA) is 104 Å². The Morgan fingerprint density at radius 1 is 1.06 bits per heavy atom. The van der Waals surface area contributed by atoms with Gasteiger partial charge in [-0.25, -0.2) is 0 Å². The molecule has 7 nitrogen and oxygen atoms in total. The standard InChI is InChI=1S/C24H14BrClN2O5/c25-14-1-4-18-13(9-14)10-19(33-18)22(30)20-21(12-5-7-27-8-6-12)28(24(32)23(20)31)16-11-15(26)2-3-17(16)29/h1-11,21,29,31H. The first-order valence-electron chi connectivity index (χ1n) is 9.74. The molecule has 1 amide bonds. The number of hydrogen-bond acceptors (Lipinski definition) is 6. The zero-order chi connectivity index (χ0) is 23.3. The van der Waals surface area contributed by atoms with Crippen molar-refractivity contribution in [3.05, 3.63) is 99.1 Å². The Morgan fingerprint density at radius 3 is 2.58 bits per heavy atom. The first kappa shape index (κ1) is 21.2. The van der Waals surface area contributed by atoms with Gasteiger partial charge in [-0.2, -0.15) is 0 Å². The van der Waals surface area contributed by atoms with Gasteiger partial charge in [0.05, 0.1) is 17.3 Å². The number of carbonyl (C=O) groups excluding carboxylic acids is 2. The molecule has 0 bridgehead atoms. The molecule has 3 heterocycles. The largest absolute Gasteiger partial charge is 0.506 e. The van der Waals surface area contributed by atoms with E-state index in [4.69, 9.17) is 16.0 Å². The van der Waals surface area contributed by atoms with Crippen LogP contribution in [0.5, 0.6) is 5.75 Å². The Morgan fingerprint density at radius 2 is 1.82 bits per heavy atom. The van der Waals surface area contributed by atoms with Crippen molar-refractivity contribution >= 4 is 55.9 Å². The van der Waals surface area contributed by atoms with Gasteiger partial charge in [-0.05, 0) is 60.2 Å². The Hall–Kier alpha value is -3.62. The summed E-state index contributed by atoms with van der Waals surface area (Å²) in [6.07, 6.45) is 3.01. The molecule has 2 N–H and O–H groups in total. The molecule has 1 atom stereocenters. The van der Waals surface area contributed by atoms with Gasteiger partial charge in [0.15, 0.2) is 11.5 Å². The van der Waals surface area contributed by atoms with Crippen LogP contribution in [0.3, 0.4) is 0 Å². The highest BCUT2D eigenvalue weighted by atomic mass is 79.9. The van der Waals surface area contributed by atoms with E-state index in [1.165, 1.54) is 30.6 Å². The number of phenolic OH excluding ortho intramolecular Hbond substituents is 1. The smallest absolute Gasteiger partial charge is 0.294 e. The minimum Gasteiger partial charge on any atom is -0.506 e. The van der Waals surface area contributed by atoms with E-state index in [1.54, 1.807) is 36.4 Å². The first-order chi connectivity index (χ1) is 15.8. The van der Waals surface area contributed by atoms with E-state index in [2.05, 4.69) is 20.9 Å². The monoisotopic (exact) mass is 524 g/mol. The van der Waals surface area contributed by atoms with E-state index in [1.807, 2.05) is 0 Å². The van der Waals surface area contributed by atoms with Crippen molar-refractivity contribution < 1.29 is 24.2 Å². The number of phenols is 1. The minimum absolute atomic E-state index is 0.0336. The van der Waals surface area contributed by atoms with Crippen LogP contribution in [0.15, 0.2) is 87.2 Å². The lowest BCUT2D eigenvalue weighted by molar-refractivity contribution is -0.117. The summed E-state index contributed by atoms with van der Waals surface area (Å²) in [6, 6.07) is 13.2. The molecule has 0 saturated carbocycles. The molecule has 1 unspecified atom stereocenters. The van der Waals surface area contributed by atoms with Crippen LogP contribution >= 0.6 is 27.5 Å². The van der Waals surface area contributed by atoms with E-state index in [9.17, 15) is 19.8 Å². The van der Waals surface area contributed by atoms with Gasteiger partial charge >= 0.3 is 0 Å². The van der Waals surface area contributed by atoms with E-state index < -0.39 is 23.5 Å². The molecule has 164 valence electrons. The molecule has 5 rings (SSSR count). The fourth-order valence-electron chi connectivity index (χ4n) is 3.90. The molecule has 2 aromatic carbocycles. The number of aromatic nitrogens is 1. The van der Waals surface area contributed by atoms with Gasteiger partial charge in [-0.15, -0.1) is 0 Å². The number of aliphatic hydroxyl groups is 1. The number of pyridine rings is 1. The van der Waals surface area contributed by atoms with Crippen LogP contribution in [0.25, 0.3) is 11.0 Å². The van der Waals surface area contributed by atoms with Gasteiger partial charge < -0.3 is 14.6 Å². The van der Waals surface area contributed by atoms with E-state index in [-0.39, 0.29) is 27.8 Å². The molecule has 2 aromatic heterocycles. The van der Waals surface area contributed by atoms with Crippen LogP contribution in [0.2, 0.25) is 5.02 Å². The van der Waals surface area contributed by atoms with Crippen molar-refractivity contribution in [1.82, 2.24) is 4.98 Å². The summed E-state index contributed by atoms with van der Waals surface area (Å²) >= 11 is 9.49. The summed E-state index contributed by atoms with van der Waals surface area (Å²) in [5.74, 6) is -2.51. The Labute approximate surface area is 200 Å². The summed E-state index contributed by atoms with van der Waals surface area (Å²) in [5, 5.41) is 22.2. The molecule has 0 spiro atoms. The fraction of sp³-hybridized carbons (Fsp3) is 0.0417. The number of hydrogen-bond donors (Lipinski definition) is 2. The highest BCUT2D eigenvalue weighted by Gasteiger charge is 2.46. The van der Waals surface area contributed by atoms with E-state index in [0.29, 0.717) is 16.5 Å². The number of nitrogens with zero attached hydrogens (tertiary/aromatic N) is 2. The lowest BCUT2D eigenvalue weighted by Gasteiger charge is -2.27. The van der Waals surface area contributed by atoms with E-state index in [0.717, 1.165) is 9.37 Å². The van der Waals surface area contributed by atoms with Gasteiger partial charge in [-0.1, -0.05) is 27.5 Å². The summed E-state index contributed by atoms with van der Waals surface area (Å²) in [5.41, 5.74) is 0.862. The van der Waals surface area contributed by atoms with Crippen molar-refractivity contribution in [3.8, 4) is 5.75 Å². The maximum absolute atomic E-state index is 13.6. The number of Topliss-reactive ketones (excluding diaryl/α,β-unsaturated/α-hetero) is 1. The second-order valence-corrected chi connectivity index (χ2v) is 8.73. The van der Waals surface area contributed by atoms with Crippen LogP contribution in [0, 0.1) is 0 Å². The van der Waals surface area contributed by atoms with Crippen molar-refractivity contribution in [2.45, 2.75) is 6.04 Å². The van der Waals surface area contributed by atoms with Gasteiger partial charge in [0, 0.05) is 27.3 Å². The Balaban J connectivity index is 1.68. The number of rotatable bonds is 4. The van der Waals surface area contributed by atoms with Crippen molar-refractivity contribution in [3.63, 3.8) is 0 Å². The highest BCUT2D eigenvalue weighted by Crippen LogP contribution is 2.45. The average Bonchev–Trinajstić information content (AvgIpc) is 3.34. The van der Waals surface area contributed by atoms with Gasteiger partial charge in [0.1, 0.15) is 11.3 Å². The lowest BCUT2D eigenvalue weighted by atomic mass is 9.95. The number of halogens is 2. The van der Waals surface area contributed by atoms with E-state index >= 15 is 0 Å². The number of anilines is 1. The molecule has 1 aliphatic rings. The third-order valence-electron chi connectivity index (χ3n) is 5.37. The number of furan rings is 1. The lowest BCUT2D eigenvalue weighted by Crippen LogP contribution is -2.31. The zero-order valence-corrected chi connectivity index (χ0v) is 19.0. The number of ketones is 1. The summed E-state index contributed by atoms with van der Waals surface area (Å²) in [7, 11) is 0. The van der Waals surface area contributed by atoms with Gasteiger partial charge in [0.2, 0.25) is 5.78 Å². The molecule has 1 aliphatic heterocycles. The SMILES string of the molecule is O=C(C1=C(O)C(=O)N(c2cc(Cl)ccc2O)C1c1ccncc1)c1cc2cc(Br)ccc2o1. The maximum atomic E-state index is 13.6. The zero-order valence-electron chi connectivity index (χ0n) is 16.7. The second-order valence-electron chi connectivity index (χ2n) is 7.38. The van der Waals surface area contributed by atoms with Crippen LogP contribution < -0.4 is 4.90 Å². The first-order valence-corrected chi connectivity index (χ1v) is 10.9. The number of carbonyl (C=O) groups is 2. The molecular formula is C24H14BrClN2O5. The molecule has 0 radical (unpaired) electrons. The van der Waals surface area contributed by atoms with Crippen LogP contribution in [0.4, 0.5) is 5.69 Å². The quantitative estimate of drug-likeness (QED) is 0.330. The maximum Gasteiger partial charge on any atom is 0.294 e. The second kappa shape index (κ2) is 8.06. The Kier molecular flexibility index (Phi) is 5.19. The molecular weight excluding hydrogens is 512 g/mol. The third-order valence-corrected chi connectivity index (χ3v) is 6.10. The predicted octanol–water partition coefficient (Wildman–Crippen LogP) is 5.73. The number of fused-ring (bicyclic) bond motifs is 1. The third kappa shape index (κ3) is 3.57. The molecule has 9 heteroatoms. The average molecular weight is 526 g/mol. The normalized spacial score (nSPS) is 16.1. The summed E-state index contributed by atoms with van der Waals surface area (Å²) in [6.45, 7) is 0. The summed E-state index contributed by atoms with van der Waals surface area (Å²) in [4.78, 5) is 31.9. The number of benzene rings is 2. The molecule has 0 fully saturated rings. The number of amides is 1. The molecule has 4 aromatic rings. The minimum atomic E-state index is -1.04. The van der Waals surface area contributed by atoms with Crippen molar-refractivity contribution in [2.24, 2.45) is 0 Å². The van der Waals surface area contributed by atoms with Crippen molar-refractivity contribution in [2.75, 3.05) is 4.90 Å². The number of aliphatic hydroxyl groups excluding tert-OH is 1. The molecule has 0 aliphatic carbocycles. The number of aromatic hydroxyl groups is 1. The van der Waals surface area contributed by atoms with Crippen LogP contribution in [-0.4, -0.2) is 26.9 Å². The van der Waals surface area contributed by atoms with Crippen molar-refractivity contribution in [1.29, 1.82) is 0 Å². The van der Waals surface area contributed by atoms with Gasteiger partial charge in [-0.3, -0.25) is 19.5 Å². The van der Waals surface area contributed by atoms with Gasteiger partial charge in [0.25, 0.3) is 5.91 Å². The summed E-state index contributed by atoms with van der Waals surface area (Å²) < 4.78 is 6.53. The fourth-order valence-corrected chi connectivity index (χ4v) is 4.44. The molecule has 0 saturated heterocycles. The predicted molar refractivity (Wildman–Crippen MR) is 125 cm³/mol. The van der Waals surface area contributed by atoms with Crippen LogP contribution in [0.1, 0.15) is 22.2 Å². The Bertz CT molecular complexity index is 1460. The van der Waals surface area contributed by atoms with Crippen LogP contribution in [-0.2, 0) is 4.79 Å². The molecule has 33 heavy (non-hydrogen) atoms. The highest BCUT2D eigenvalue weighted by molar-refractivity contribution is 9.10.